The summed E-state index contributed by atoms with van der Waals surface area (Å²) in [5, 5.41) is 0. The normalized spacial score (nSPS) is 15.9. The molecule has 3 rings (SSSR count). The van der Waals surface area contributed by atoms with Gasteiger partial charge in [0.05, 0.1) is 16.7 Å². The molecule has 0 spiro atoms. The molecule has 1 aromatic heterocycles. The number of carbonyl (C=O) groups excluding carboxylic acids is 1. The van der Waals surface area contributed by atoms with E-state index in [2.05, 4.69) is 4.99 Å². The van der Waals surface area contributed by atoms with Gasteiger partial charge in [0.2, 0.25) is 0 Å². The summed E-state index contributed by atoms with van der Waals surface area (Å²) in [4.78, 5) is 16.0. The van der Waals surface area contributed by atoms with Gasteiger partial charge in [0.15, 0.2) is 0 Å². The molecule has 0 aliphatic heterocycles. The van der Waals surface area contributed by atoms with Gasteiger partial charge in [0, 0.05) is 12.7 Å². The number of nitrogens with zero attached hydrogens (tertiary/aromatic N) is 2. The molecular formula is C18H14F6N2O. The Bertz CT molecular complexity index is 922. The van der Waals surface area contributed by atoms with Gasteiger partial charge >= 0.3 is 12.4 Å². The first kappa shape index (κ1) is 19.2. The third kappa shape index (κ3) is 4.58. The second kappa shape index (κ2) is 6.86. The largest absolute Gasteiger partial charge is 0.417 e. The number of amides is 1. The SMILES string of the molecule is O=C(N=c1ccc(C(F)(F)F)cn1CC1CC1)c1ccccc1C(F)(F)F. The third-order valence-corrected chi connectivity index (χ3v) is 4.16. The molecular weight excluding hydrogens is 374 g/mol. The van der Waals surface area contributed by atoms with Crippen molar-refractivity contribution in [3.63, 3.8) is 0 Å². The van der Waals surface area contributed by atoms with Crippen molar-refractivity contribution in [2.24, 2.45) is 10.9 Å². The fourth-order valence-corrected chi connectivity index (χ4v) is 2.61. The Hall–Kier alpha value is -2.58. The molecule has 144 valence electrons. The van der Waals surface area contributed by atoms with Crippen molar-refractivity contribution in [1.29, 1.82) is 0 Å². The highest BCUT2D eigenvalue weighted by Crippen LogP contribution is 2.33. The van der Waals surface area contributed by atoms with Gasteiger partial charge < -0.3 is 4.57 Å². The van der Waals surface area contributed by atoms with E-state index in [1.165, 1.54) is 10.6 Å². The highest BCUT2D eigenvalue weighted by Gasteiger charge is 2.35. The van der Waals surface area contributed by atoms with Crippen LogP contribution in [0, 0.1) is 5.92 Å². The van der Waals surface area contributed by atoms with Gasteiger partial charge in [-0.25, -0.2) is 0 Å². The van der Waals surface area contributed by atoms with E-state index in [9.17, 15) is 31.1 Å². The summed E-state index contributed by atoms with van der Waals surface area (Å²) in [5.74, 6) is -0.989. The van der Waals surface area contributed by atoms with Crippen molar-refractivity contribution in [1.82, 2.24) is 4.57 Å². The maximum absolute atomic E-state index is 13.1. The van der Waals surface area contributed by atoms with Gasteiger partial charge in [0.25, 0.3) is 5.91 Å². The van der Waals surface area contributed by atoms with E-state index in [0.29, 0.717) is 0 Å². The summed E-state index contributed by atoms with van der Waals surface area (Å²) >= 11 is 0. The van der Waals surface area contributed by atoms with Crippen LogP contribution >= 0.6 is 0 Å². The van der Waals surface area contributed by atoms with Crippen molar-refractivity contribution in [2.45, 2.75) is 31.7 Å². The Kier molecular flexibility index (Phi) is 4.88. The molecule has 1 fully saturated rings. The Labute approximate surface area is 150 Å². The van der Waals surface area contributed by atoms with Crippen LogP contribution in [0.5, 0.6) is 0 Å². The van der Waals surface area contributed by atoms with Gasteiger partial charge in [-0.1, -0.05) is 12.1 Å². The summed E-state index contributed by atoms with van der Waals surface area (Å²) in [7, 11) is 0. The second-order valence-electron chi connectivity index (χ2n) is 6.33. The number of pyridine rings is 1. The van der Waals surface area contributed by atoms with Gasteiger partial charge in [-0.05, 0) is 43.0 Å². The number of hydrogen-bond acceptors (Lipinski definition) is 1. The molecule has 1 saturated carbocycles. The van der Waals surface area contributed by atoms with E-state index >= 15 is 0 Å². The smallest absolute Gasteiger partial charge is 0.332 e. The van der Waals surface area contributed by atoms with E-state index in [0.717, 1.165) is 49.4 Å². The fourth-order valence-electron chi connectivity index (χ4n) is 2.61. The molecule has 2 aromatic rings. The number of benzene rings is 1. The molecule has 0 saturated heterocycles. The summed E-state index contributed by atoms with van der Waals surface area (Å²) < 4.78 is 79.2. The standard InChI is InChI=1S/C18H14F6N2O/c19-17(20,21)12-7-8-15(26(10-12)9-11-5-6-11)25-16(27)13-3-1-2-4-14(13)18(22,23)24/h1-4,7-8,10-11H,5-6,9H2. The molecule has 1 heterocycles. The monoisotopic (exact) mass is 388 g/mol. The van der Waals surface area contributed by atoms with Crippen LogP contribution < -0.4 is 5.49 Å². The van der Waals surface area contributed by atoms with E-state index in [4.69, 9.17) is 0 Å². The number of alkyl halides is 6. The van der Waals surface area contributed by atoms with Gasteiger partial charge in [-0.3, -0.25) is 4.79 Å². The number of carbonyl (C=O) groups is 1. The van der Waals surface area contributed by atoms with Crippen molar-refractivity contribution in [3.05, 3.63) is 64.8 Å². The first-order valence-corrected chi connectivity index (χ1v) is 8.08. The zero-order valence-corrected chi connectivity index (χ0v) is 13.8. The lowest BCUT2D eigenvalue weighted by molar-refractivity contribution is -0.138. The summed E-state index contributed by atoms with van der Waals surface area (Å²) in [5.41, 5.74) is -2.82. The minimum absolute atomic E-state index is 0.114. The number of aromatic nitrogens is 1. The van der Waals surface area contributed by atoms with E-state index in [-0.39, 0.29) is 18.0 Å². The predicted octanol–water partition coefficient (Wildman–Crippen LogP) is 4.68. The molecule has 1 aromatic carbocycles. The highest BCUT2D eigenvalue weighted by molar-refractivity contribution is 5.96. The van der Waals surface area contributed by atoms with Crippen LogP contribution in [-0.4, -0.2) is 10.5 Å². The zero-order valence-electron chi connectivity index (χ0n) is 13.8. The average Bonchev–Trinajstić information content (AvgIpc) is 3.38. The van der Waals surface area contributed by atoms with E-state index < -0.39 is 35.0 Å². The van der Waals surface area contributed by atoms with Crippen LogP contribution in [0.15, 0.2) is 47.6 Å². The molecule has 3 nitrogen and oxygen atoms in total. The lowest BCUT2D eigenvalue weighted by Gasteiger charge is -2.13. The Balaban J connectivity index is 2.05. The number of halogens is 6. The molecule has 0 atom stereocenters. The molecule has 0 N–H and O–H groups in total. The van der Waals surface area contributed by atoms with Crippen LogP contribution in [-0.2, 0) is 18.9 Å². The van der Waals surface area contributed by atoms with Crippen LogP contribution in [0.25, 0.3) is 0 Å². The number of hydrogen-bond donors (Lipinski definition) is 0. The Morgan fingerprint density at radius 2 is 1.67 bits per heavy atom. The Morgan fingerprint density at radius 1 is 1.00 bits per heavy atom. The molecule has 1 aliphatic carbocycles. The fraction of sp³-hybridized carbons (Fsp3) is 0.333. The molecule has 27 heavy (non-hydrogen) atoms. The summed E-state index contributed by atoms with van der Waals surface area (Å²) in [6.07, 6.45) is -6.80. The lowest BCUT2D eigenvalue weighted by atomic mass is 10.1. The van der Waals surface area contributed by atoms with E-state index in [1.807, 2.05) is 0 Å². The lowest BCUT2D eigenvalue weighted by Crippen LogP contribution is -2.25. The summed E-state index contributed by atoms with van der Waals surface area (Å²) in [6.45, 7) is 0.219. The zero-order chi connectivity index (χ0) is 19.8. The van der Waals surface area contributed by atoms with Crippen LogP contribution in [0.4, 0.5) is 26.3 Å². The Morgan fingerprint density at radius 3 is 2.26 bits per heavy atom. The van der Waals surface area contributed by atoms with E-state index in [1.54, 1.807) is 0 Å². The molecule has 0 unspecified atom stereocenters. The van der Waals surface area contributed by atoms with Crippen LogP contribution in [0.3, 0.4) is 0 Å². The highest BCUT2D eigenvalue weighted by atomic mass is 19.4. The first-order valence-electron chi connectivity index (χ1n) is 8.08. The molecule has 9 heteroatoms. The second-order valence-corrected chi connectivity index (χ2v) is 6.33. The van der Waals surface area contributed by atoms with Crippen LogP contribution in [0.2, 0.25) is 0 Å². The third-order valence-electron chi connectivity index (χ3n) is 4.16. The van der Waals surface area contributed by atoms with Gasteiger partial charge in [-0.2, -0.15) is 31.3 Å². The average molecular weight is 388 g/mol. The quantitative estimate of drug-likeness (QED) is 0.704. The topological polar surface area (TPSA) is 34.4 Å². The predicted molar refractivity (Wildman–Crippen MR) is 83.5 cm³/mol. The molecule has 1 amide bonds. The number of rotatable bonds is 3. The van der Waals surface area contributed by atoms with Gasteiger partial charge in [0.1, 0.15) is 5.49 Å². The molecule has 0 radical (unpaired) electrons. The maximum atomic E-state index is 13.1. The molecule has 0 bridgehead atoms. The van der Waals surface area contributed by atoms with Crippen molar-refractivity contribution in [3.8, 4) is 0 Å². The maximum Gasteiger partial charge on any atom is 0.417 e. The molecule has 1 aliphatic rings. The minimum Gasteiger partial charge on any atom is -0.332 e. The van der Waals surface area contributed by atoms with Crippen LogP contribution in [0.1, 0.15) is 34.3 Å². The first-order chi connectivity index (χ1) is 12.6. The van der Waals surface area contributed by atoms with Crippen molar-refractivity contribution >= 4 is 5.91 Å². The van der Waals surface area contributed by atoms with Gasteiger partial charge in [-0.15, -0.1) is 0 Å². The van der Waals surface area contributed by atoms with Crippen molar-refractivity contribution < 1.29 is 31.1 Å². The van der Waals surface area contributed by atoms with Crippen molar-refractivity contribution in [2.75, 3.05) is 0 Å². The summed E-state index contributed by atoms with van der Waals surface area (Å²) in [6, 6.07) is 5.91. The minimum atomic E-state index is -4.74.